The Labute approximate surface area is 125 Å². The minimum atomic E-state index is -0.386. The van der Waals surface area contributed by atoms with Gasteiger partial charge in [-0.15, -0.1) is 0 Å². The number of carbonyl (C=O) groups excluding carboxylic acids is 1. The quantitative estimate of drug-likeness (QED) is 0.570. The maximum atomic E-state index is 11.6. The van der Waals surface area contributed by atoms with E-state index < -0.39 is 0 Å². The first-order chi connectivity index (χ1) is 9.95. The molecule has 0 aromatic heterocycles. The van der Waals surface area contributed by atoms with Crippen LogP contribution in [0.25, 0.3) is 0 Å². The number of amides is 1. The lowest BCUT2D eigenvalue weighted by Gasteiger charge is -2.15. The summed E-state index contributed by atoms with van der Waals surface area (Å²) in [5.41, 5.74) is 0.728. The highest BCUT2D eigenvalue weighted by atomic mass is 16.6. The smallest absolute Gasteiger partial charge is 0.274 e. The standard InChI is InChI=1S/C15H23N3O3/c1-4-11(2)17-15(19)9-10-16-12(3)13-7-5-6-8-14(13)18(20)21/h5-8,11-12,16H,4,9-10H2,1-3H3,(H,17,19). The molecule has 1 aromatic rings. The van der Waals surface area contributed by atoms with Gasteiger partial charge in [0.25, 0.3) is 5.69 Å². The van der Waals surface area contributed by atoms with E-state index in [1.54, 1.807) is 18.2 Å². The fourth-order valence-electron chi connectivity index (χ4n) is 1.98. The first-order valence-electron chi connectivity index (χ1n) is 7.21. The van der Waals surface area contributed by atoms with Crippen molar-refractivity contribution >= 4 is 11.6 Å². The van der Waals surface area contributed by atoms with Crippen LogP contribution in [0.5, 0.6) is 0 Å². The van der Waals surface area contributed by atoms with Crippen LogP contribution in [-0.4, -0.2) is 23.4 Å². The summed E-state index contributed by atoms with van der Waals surface area (Å²) in [6, 6.07) is 6.63. The molecule has 21 heavy (non-hydrogen) atoms. The highest BCUT2D eigenvalue weighted by Crippen LogP contribution is 2.24. The van der Waals surface area contributed by atoms with E-state index in [2.05, 4.69) is 10.6 Å². The molecular formula is C15H23N3O3. The summed E-state index contributed by atoms with van der Waals surface area (Å²) in [5, 5.41) is 17.0. The van der Waals surface area contributed by atoms with Gasteiger partial charge in [0.15, 0.2) is 0 Å². The number of benzene rings is 1. The molecule has 0 bridgehead atoms. The second-order valence-electron chi connectivity index (χ2n) is 5.12. The number of nitro benzene ring substituents is 1. The summed E-state index contributed by atoms with van der Waals surface area (Å²) in [6.45, 7) is 6.31. The van der Waals surface area contributed by atoms with E-state index in [4.69, 9.17) is 0 Å². The lowest BCUT2D eigenvalue weighted by molar-refractivity contribution is -0.385. The Morgan fingerprint density at radius 3 is 2.62 bits per heavy atom. The summed E-state index contributed by atoms with van der Waals surface area (Å²) in [4.78, 5) is 22.2. The topological polar surface area (TPSA) is 84.3 Å². The second kappa shape index (κ2) is 8.36. The molecule has 0 heterocycles. The zero-order valence-corrected chi connectivity index (χ0v) is 12.8. The molecule has 0 saturated heterocycles. The zero-order chi connectivity index (χ0) is 15.8. The third-order valence-corrected chi connectivity index (χ3v) is 3.42. The molecule has 1 aromatic carbocycles. The monoisotopic (exact) mass is 293 g/mol. The summed E-state index contributed by atoms with van der Waals surface area (Å²) in [7, 11) is 0. The molecule has 0 radical (unpaired) electrons. The van der Waals surface area contributed by atoms with Gasteiger partial charge < -0.3 is 10.6 Å². The summed E-state index contributed by atoms with van der Waals surface area (Å²) in [6.07, 6.45) is 1.25. The van der Waals surface area contributed by atoms with Crippen molar-refractivity contribution in [1.82, 2.24) is 10.6 Å². The maximum Gasteiger partial charge on any atom is 0.274 e. The first kappa shape index (κ1) is 17.1. The van der Waals surface area contributed by atoms with Gasteiger partial charge in [0.05, 0.1) is 4.92 Å². The van der Waals surface area contributed by atoms with Gasteiger partial charge in [-0.25, -0.2) is 0 Å². The molecule has 1 amide bonds. The van der Waals surface area contributed by atoms with Crippen molar-refractivity contribution in [2.24, 2.45) is 0 Å². The molecule has 1 rings (SSSR count). The van der Waals surface area contributed by atoms with Gasteiger partial charge in [0.2, 0.25) is 5.91 Å². The third kappa shape index (κ3) is 5.51. The second-order valence-corrected chi connectivity index (χ2v) is 5.12. The van der Waals surface area contributed by atoms with E-state index in [0.29, 0.717) is 18.5 Å². The minimum absolute atomic E-state index is 0.00777. The SMILES string of the molecule is CCC(C)NC(=O)CCNC(C)c1ccccc1[N+](=O)[O-]. The number of carbonyl (C=O) groups is 1. The molecule has 0 aliphatic rings. The molecule has 2 unspecified atom stereocenters. The van der Waals surface area contributed by atoms with Crippen molar-refractivity contribution < 1.29 is 9.72 Å². The normalized spacial score (nSPS) is 13.5. The predicted octanol–water partition coefficient (Wildman–Crippen LogP) is 2.55. The van der Waals surface area contributed by atoms with Gasteiger partial charge in [0, 0.05) is 36.7 Å². The minimum Gasteiger partial charge on any atom is -0.354 e. The number of hydrogen-bond donors (Lipinski definition) is 2. The van der Waals surface area contributed by atoms with Crippen molar-refractivity contribution in [1.29, 1.82) is 0 Å². The zero-order valence-electron chi connectivity index (χ0n) is 12.8. The van der Waals surface area contributed by atoms with Crippen LogP contribution in [0.1, 0.15) is 45.2 Å². The Hall–Kier alpha value is -1.95. The van der Waals surface area contributed by atoms with Gasteiger partial charge in [-0.05, 0) is 20.3 Å². The first-order valence-corrected chi connectivity index (χ1v) is 7.21. The maximum absolute atomic E-state index is 11.6. The average Bonchev–Trinajstić information content (AvgIpc) is 2.46. The lowest BCUT2D eigenvalue weighted by Crippen LogP contribution is -2.34. The van der Waals surface area contributed by atoms with Crippen LogP contribution < -0.4 is 10.6 Å². The van der Waals surface area contributed by atoms with Crippen LogP contribution >= 0.6 is 0 Å². The number of nitrogens with one attached hydrogen (secondary N) is 2. The largest absolute Gasteiger partial charge is 0.354 e. The number of hydrogen-bond acceptors (Lipinski definition) is 4. The molecule has 2 atom stereocenters. The molecular weight excluding hydrogens is 270 g/mol. The van der Waals surface area contributed by atoms with Gasteiger partial charge in [0.1, 0.15) is 0 Å². The molecule has 0 fully saturated rings. The van der Waals surface area contributed by atoms with Gasteiger partial charge >= 0.3 is 0 Å². The van der Waals surface area contributed by atoms with Gasteiger partial charge in [-0.2, -0.15) is 0 Å². The molecule has 2 N–H and O–H groups in total. The van der Waals surface area contributed by atoms with Gasteiger partial charge in [-0.1, -0.05) is 25.1 Å². The van der Waals surface area contributed by atoms with Crippen LogP contribution in [-0.2, 0) is 4.79 Å². The Morgan fingerprint density at radius 1 is 1.33 bits per heavy atom. The van der Waals surface area contributed by atoms with E-state index in [0.717, 1.165) is 6.42 Å². The summed E-state index contributed by atoms with van der Waals surface area (Å²) in [5.74, 6) is -0.00777. The van der Waals surface area contributed by atoms with E-state index in [9.17, 15) is 14.9 Å². The van der Waals surface area contributed by atoms with Crippen LogP contribution in [0.15, 0.2) is 24.3 Å². The third-order valence-electron chi connectivity index (χ3n) is 3.42. The Bertz CT molecular complexity index is 491. The van der Waals surface area contributed by atoms with Crippen LogP contribution in [0.4, 0.5) is 5.69 Å². The van der Waals surface area contributed by atoms with Crippen molar-refractivity contribution in [2.75, 3.05) is 6.54 Å². The highest BCUT2D eigenvalue weighted by molar-refractivity contribution is 5.76. The van der Waals surface area contributed by atoms with E-state index in [-0.39, 0.29) is 28.6 Å². The molecule has 0 saturated carbocycles. The average molecular weight is 293 g/mol. The van der Waals surface area contributed by atoms with Crippen LogP contribution in [0.2, 0.25) is 0 Å². The Kier molecular flexibility index (Phi) is 6.81. The van der Waals surface area contributed by atoms with Gasteiger partial charge in [-0.3, -0.25) is 14.9 Å². The molecule has 116 valence electrons. The predicted molar refractivity (Wildman–Crippen MR) is 82.0 cm³/mol. The molecule has 0 aliphatic heterocycles. The number of para-hydroxylation sites is 1. The summed E-state index contributed by atoms with van der Waals surface area (Å²) < 4.78 is 0. The fraction of sp³-hybridized carbons (Fsp3) is 0.533. The molecule has 6 nitrogen and oxygen atoms in total. The van der Waals surface area contributed by atoms with Crippen molar-refractivity contribution in [2.45, 2.75) is 45.7 Å². The van der Waals surface area contributed by atoms with Crippen molar-refractivity contribution in [3.63, 3.8) is 0 Å². The Morgan fingerprint density at radius 2 is 2.00 bits per heavy atom. The number of nitro groups is 1. The van der Waals surface area contributed by atoms with E-state index in [1.807, 2.05) is 20.8 Å². The fourth-order valence-corrected chi connectivity index (χ4v) is 1.98. The molecule has 0 aliphatic carbocycles. The van der Waals surface area contributed by atoms with Crippen LogP contribution in [0, 0.1) is 10.1 Å². The number of nitrogens with zero attached hydrogens (tertiary/aromatic N) is 1. The van der Waals surface area contributed by atoms with Crippen molar-refractivity contribution in [3.05, 3.63) is 39.9 Å². The molecule has 6 heteroatoms. The van der Waals surface area contributed by atoms with Crippen molar-refractivity contribution in [3.8, 4) is 0 Å². The van der Waals surface area contributed by atoms with E-state index in [1.165, 1.54) is 6.07 Å². The highest BCUT2D eigenvalue weighted by Gasteiger charge is 2.17. The van der Waals surface area contributed by atoms with Crippen LogP contribution in [0.3, 0.4) is 0 Å². The van der Waals surface area contributed by atoms with E-state index >= 15 is 0 Å². The molecule has 0 spiro atoms. The number of rotatable bonds is 8. The Balaban J connectivity index is 2.49. The summed E-state index contributed by atoms with van der Waals surface area (Å²) >= 11 is 0. The lowest BCUT2D eigenvalue weighted by atomic mass is 10.1.